The molecule has 0 bridgehead atoms. The van der Waals surface area contributed by atoms with Gasteiger partial charge in [-0.3, -0.25) is 24.5 Å². The molecule has 7 heteroatoms. The predicted molar refractivity (Wildman–Crippen MR) is 113 cm³/mol. The summed E-state index contributed by atoms with van der Waals surface area (Å²) in [5.74, 6) is -4.58. The normalized spacial score (nSPS) is 27.6. The van der Waals surface area contributed by atoms with E-state index in [-0.39, 0.29) is 5.78 Å². The molecule has 2 saturated heterocycles. The van der Waals surface area contributed by atoms with Gasteiger partial charge in [0.2, 0.25) is 11.8 Å². The second-order valence-electron chi connectivity index (χ2n) is 8.48. The van der Waals surface area contributed by atoms with Crippen molar-refractivity contribution in [3.8, 4) is 0 Å². The van der Waals surface area contributed by atoms with Crippen LogP contribution in [0.2, 0.25) is 0 Å². The number of hydrogen-bond acceptors (Lipinski definition) is 5. The fourth-order valence-electron chi connectivity index (χ4n) is 4.96. The number of nitrogens with zero attached hydrogens (tertiary/aromatic N) is 1. The van der Waals surface area contributed by atoms with Crippen molar-refractivity contribution in [1.82, 2.24) is 5.32 Å². The molecule has 2 N–H and O–H groups in total. The minimum absolute atomic E-state index is 0.125. The molecule has 2 fully saturated rings. The zero-order chi connectivity index (χ0) is 22.5. The third kappa shape index (κ3) is 2.99. The quantitative estimate of drug-likeness (QED) is 0.569. The molecule has 0 spiro atoms. The van der Waals surface area contributed by atoms with Crippen molar-refractivity contribution in [2.45, 2.75) is 32.4 Å². The van der Waals surface area contributed by atoms with E-state index in [9.17, 15) is 24.3 Å². The lowest BCUT2D eigenvalue weighted by atomic mass is 9.73. The van der Waals surface area contributed by atoms with Gasteiger partial charge in [0.15, 0.2) is 5.78 Å². The minimum atomic E-state index is -1.58. The highest BCUT2D eigenvalue weighted by Gasteiger charge is 2.69. The molecule has 0 radical (unpaired) electrons. The number of ketones is 1. The van der Waals surface area contributed by atoms with E-state index in [1.165, 1.54) is 6.92 Å². The van der Waals surface area contributed by atoms with Crippen molar-refractivity contribution in [2.24, 2.45) is 17.8 Å². The fraction of sp³-hybridized carbons (Fsp3) is 0.333. The number of benzene rings is 2. The molecular weight excluding hydrogens is 396 g/mol. The Morgan fingerprint density at radius 2 is 1.61 bits per heavy atom. The lowest BCUT2D eigenvalue weighted by Crippen LogP contribution is -2.59. The second-order valence-corrected chi connectivity index (χ2v) is 8.48. The molecule has 2 aliphatic rings. The average molecular weight is 420 g/mol. The summed E-state index contributed by atoms with van der Waals surface area (Å²) in [5, 5.41) is 13.4. The lowest BCUT2D eigenvalue weighted by Gasteiger charge is -2.34. The molecule has 160 valence electrons. The third-order valence-electron chi connectivity index (χ3n) is 6.55. The monoisotopic (exact) mass is 420 g/mol. The van der Waals surface area contributed by atoms with Crippen molar-refractivity contribution in [3.05, 3.63) is 65.7 Å². The first-order chi connectivity index (χ1) is 14.7. The average Bonchev–Trinajstić information content (AvgIpc) is 3.24. The minimum Gasteiger partial charge on any atom is -0.480 e. The highest BCUT2D eigenvalue weighted by Crippen LogP contribution is 2.52. The van der Waals surface area contributed by atoms with Gasteiger partial charge in [0.25, 0.3) is 0 Å². The van der Waals surface area contributed by atoms with Crippen LogP contribution in [0.15, 0.2) is 54.6 Å². The number of imide groups is 1. The Morgan fingerprint density at radius 3 is 2.13 bits per heavy atom. The number of carboxylic acids is 1. The number of rotatable bonds is 5. The van der Waals surface area contributed by atoms with Crippen LogP contribution >= 0.6 is 0 Å². The van der Waals surface area contributed by atoms with Crippen LogP contribution in [0.1, 0.15) is 42.7 Å². The van der Waals surface area contributed by atoms with E-state index >= 15 is 0 Å². The van der Waals surface area contributed by atoms with Gasteiger partial charge in [0.1, 0.15) is 5.54 Å². The molecular formula is C24H24N2O5. The van der Waals surface area contributed by atoms with Gasteiger partial charge < -0.3 is 5.11 Å². The summed E-state index contributed by atoms with van der Waals surface area (Å²) in [4.78, 5) is 52.3. The molecule has 7 nitrogen and oxygen atoms in total. The Labute approximate surface area is 180 Å². The highest BCUT2D eigenvalue weighted by molar-refractivity contribution is 6.24. The number of fused-ring (bicyclic) bond motifs is 1. The van der Waals surface area contributed by atoms with Crippen LogP contribution in [0.4, 0.5) is 5.69 Å². The maximum Gasteiger partial charge on any atom is 0.325 e. The first kappa shape index (κ1) is 20.9. The van der Waals surface area contributed by atoms with Gasteiger partial charge in [-0.15, -0.1) is 0 Å². The molecule has 4 unspecified atom stereocenters. The third-order valence-corrected chi connectivity index (χ3v) is 6.55. The van der Waals surface area contributed by atoms with Crippen LogP contribution in [-0.2, 0) is 14.4 Å². The zero-order valence-corrected chi connectivity index (χ0v) is 17.5. The summed E-state index contributed by atoms with van der Waals surface area (Å²) in [7, 11) is 0. The van der Waals surface area contributed by atoms with E-state index in [1.807, 2.05) is 30.3 Å². The molecule has 0 saturated carbocycles. The van der Waals surface area contributed by atoms with Crippen LogP contribution in [-0.4, -0.2) is 34.2 Å². The molecule has 0 aliphatic carbocycles. The number of aliphatic carboxylic acids is 1. The Bertz CT molecular complexity index is 1060. The topological polar surface area (TPSA) is 104 Å². The Balaban J connectivity index is 1.84. The van der Waals surface area contributed by atoms with Crippen LogP contribution < -0.4 is 10.2 Å². The number of carboxylic acid groups (broad SMARTS) is 1. The molecule has 2 aliphatic heterocycles. The maximum absolute atomic E-state index is 13.6. The number of hydrogen-bond donors (Lipinski definition) is 2. The summed E-state index contributed by atoms with van der Waals surface area (Å²) < 4.78 is 0. The van der Waals surface area contributed by atoms with Crippen LogP contribution in [0.25, 0.3) is 0 Å². The fourth-order valence-corrected chi connectivity index (χ4v) is 4.96. The largest absolute Gasteiger partial charge is 0.480 e. The van der Waals surface area contributed by atoms with Crippen molar-refractivity contribution in [1.29, 1.82) is 0 Å². The van der Waals surface area contributed by atoms with Crippen LogP contribution in [0.3, 0.4) is 0 Å². The summed E-state index contributed by atoms with van der Waals surface area (Å²) >= 11 is 0. The van der Waals surface area contributed by atoms with E-state index in [0.717, 1.165) is 10.5 Å². The SMILES string of the molecule is CC(=O)c1ccc(N2C(=O)C3C(c4ccccc4)NC(C(=O)O)(C(C)C)C3C2=O)cc1. The van der Waals surface area contributed by atoms with Crippen LogP contribution in [0.5, 0.6) is 0 Å². The van der Waals surface area contributed by atoms with Gasteiger partial charge in [-0.05, 0) is 42.7 Å². The molecule has 2 aromatic carbocycles. The highest BCUT2D eigenvalue weighted by atomic mass is 16.4. The molecule has 2 amide bonds. The van der Waals surface area contributed by atoms with Crippen molar-refractivity contribution < 1.29 is 24.3 Å². The number of carbonyl (C=O) groups excluding carboxylic acids is 3. The first-order valence-corrected chi connectivity index (χ1v) is 10.2. The number of amides is 2. The lowest BCUT2D eigenvalue weighted by molar-refractivity contribution is -0.151. The summed E-state index contributed by atoms with van der Waals surface area (Å²) in [6.45, 7) is 4.92. The standard InChI is InChI=1S/C24H24N2O5/c1-13(2)24(23(30)31)19-18(20(25-24)16-7-5-4-6-8-16)21(28)26(22(19)29)17-11-9-15(10-12-17)14(3)27/h4-13,18-20,25H,1-3H3,(H,30,31). The molecule has 4 atom stereocenters. The van der Waals surface area contributed by atoms with E-state index in [0.29, 0.717) is 11.3 Å². The number of anilines is 1. The van der Waals surface area contributed by atoms with Crippen LogP contribution in [0, 0.1) is 17.8 Å². The van der Waals surface area contributed by atoms with E-state index in [4.69, 9.17) is 0 Å². The van der Waals surface area contributed by atoms with Crippen molar-refractivity contribution >= 4 is 29.3 Å². The van der Waals surface area contributed by atoms with E-state index < -0.39 is 47.1 Å². The molecule has 2 aromatic rings. The number of carbonyl (C=O) groups is 4. The van der Waals surface area contributed by atoms with Gasteiger partial charge >= 0.3 is 5.97 Å². The van der Waals surface area contributed by atoms with Gasteiger partial charge in [0, 0.05) is 11.6 Å². The zero-order valence-electron chi connectivity index (χ0n) is 17.5. The second kappa shape index (κ2) is 7.42. The predicted octanol–water partition coefficient (Wildman–Crippen LogP) is 2.82. The number of nitrogens with one attached hydrogen (secondary N) is 1. The van der Waals surface area contributed by atoms with Crippen molar-refractivity contribution in [3.63, 3.8) is 0 Å². The molecule has 2 heterocycles. The van der Waals surface area contributed by atoms with Gasteiger partial charge in [-0.1, -0.05) is 44.2 Å². The number of Topliss-reactive ketones (excluding diaryl/α,β-unsaturated/α-hetero) is 1. The first-order valence-electron chi connectivity index (χ1n) is 10.2. The summed E-state index contributed by atoms with van der Waals surface area (Å²) in [6, 6.07) is 14.8. The van der Waals surface area contributed by atoms with Crippen molar-refractivity contribution in [2.75, 3.05) is 4.90 Å². The molecule has 31 heavy (non-hydrogen) atoms. The smallest absolute Gasteiger partial charge is 0.325 e. The molecule has 0 aromatic heterocycles. The van der Waals surface area contributed by atoms with E-state index in [2.05, 4.69) is 5.32 Å². The summed E-state index contributed by atoms with van der Waals surface area (Å²) in [6.07, 6.45) is 0. The Morgan fingerprint density at radius 1 is 1.00 bits per heavy atom. The van der Waals surface area contributed by atoms with Gasteiger partial charge in [0.05, 0.1) is 17.5 Å². The molecule has 4 rings (SSSR count). The maximum atomic E-state index is 13.6. The Kier molecular flexibility index (Phi) is 5.01. The van der Waals surface area contributed by atoms with Gasteiger partial charge in [-0.25, -0.2) is 4.90 Å². The van der Waals surface area contributed by atoms with Gasteiger partial charge in [-0.2, -0.15) is 0 Å². The van der Waals surface area contributed by atoms with E-state index in [1.54, 1.807) is 38.1 Å². The Hall–Kier alpha value is -3.32. The summed E-state index contributed by atoms with van der Waals surface area (Å²) in [5.41, 5.74) is -0.0131.